The third-order valence-electron chi connectivity index (χ3n) is 2.32. The molecular weight excluding hydrogens is 164 g/mol. The Bertz CT molecular complexity index is 237. The summed E-state index contributed by atoms with van der Waals surface area (Å²) < 4.78 is 0. The third-order valence-corrected chi connectivity index (χ3v) is 2.32. The topological polar surface area (TPSA) is 63.8 Å². The number of aromatic nitrogens is 2. The molecule has 0 fully saturated rings. The van der Waals surface area contributed by atoms with Gasteiger partial charge in [0.15, 0.2) is 0 Å². The van der Waals surface area contributed by atoms with Gasteiger partial charge in [0.1, 0.15) is 6.33 Å². The lowest BCUT2D eigenvalue weighted by molar-refractivity contribution is 0.375. The lowest BCUT2D eigenvalue weighted by Crippen LogP contribution is -2.32. The molecule has 1 rings (SSSR count). The molecule has 72 valence electrons. The van der Waals surface area contributed by atoms with Crippen LogP contribution in [0.2, 0.25) is 0 Å². The average molecular weight is 180 g/mol. The molecule has 2 unspecified atom stereocenters. The van der Waals surface area contributed by atoms with Crippen LogP contribution in [0.4, 0.5) is 0 Å². The fourth-order valence-electron chi connectivity index (χ4n) is 1.26. The summed E-state index contributed by atoms with van der Waals surface area (Å²) in [6.45, 7) is 4.28. The molecular formula is C9H16N4. The molecule has 1 aromatic rings. The highest BCUT2D eigenvalue weighted by Crippen LogP contribution is 2.20. The molecule has 0 saturated carbocycles. The molecule has 4 heteroatoms. The van der Waals surface area contributed by atoms with Crippen molar-refractivity contribution in [2.45, 2.75) is 26.3 Å². The standard InChI is InChI=1S/C9H16N4/c1-3-7(2)9(13-10)8-4-5-11-6-12-8/h4-7,9,13H,3,10H2,1-2H3. The fraction of sp³-hybridized carbons (Fsp3) is 0.556. The maximum atomic E-state index is 5.47. The van der Waals surface area contributed by atoms with E-state index in [1.807, 2.05) is 6.07 Å². The van der Waals surface area contributed by atoms with Gasteiger partial charge in [-0.1, -0.05) is 20.3 Å². The average Bonchev–Trinajstić information content (AvgIpc) is 2.20. The van der Waals surface area contributed by atoms with E-state index in [1.165, 1.54) is 0 Å². The quantitative estimate of drug-likeness (QED) is 0.536. The smallest absolute Gasteiger partial charge is 0.115 e. The van der Waals surface area contributed by atoms with E-state index >= 15 is 0 Å². The summed E-state index contributed by atoms with van der Waals surface area (Å²) in [5, 5.41) is 0. The summed E-state index contributed by atoms with van der Waals surface area (Å²) >= 11 is 0. The summed E-state index contributed by atoms with van der Waals surface area (Å²) in [6.07, 6.45) is 4.34. The predicted octanol–water partition coefficient (Wildman–Crippen LogP) is 1.03. The molecule has 0 aliphatic heterocycles. The number of nitrogens with zero attached hydrogens (tertiary/aromatic N) is 2. The van der Waals surface area contributed by atoms with E-state index in [0.29, 0.717) is 5.92 Å². The van der Waals surface area contributed by atoms with E-state index in [1.54, 1.807) is 12.5 Å². The van der Waals surface area contributed by atoms with Gasteiger partial charge in [-0.15, -0.1) is 0 Å². The van der Waals surface area contributed by atoms with Crippen LogP contribution in [0.5, 0.6) is 0 Å². The van der Waals surface area contributed by atoms with Crippen molar-refractivity contribution in [2.75, 3.05) is 0 Å². The first kappa shape index (κ1) is 10.1. The number of nitrogens with one attached hydrogen (secondary N) is 1. The number of hydrogen-bond donors (Lipinski definition) is 2. The SMILES string of the molecule is CCC(C)C(NN)c1ccncn1. The Labute approximate surface area is 78.6 Å². The molecule has 0 radical (unpaired) electrons. The van der Waals surface area contributed by atoms with Gasteiger partial charge in [0.2, 0.25) is 0 Å². The van der Waals surface area contributed by atoms with Gasteiger partial charge in [-0.3, -0.25) is 11.3 Å². The van der Waals surface area contributed by atoms with Crippen molar-refractivity contribution in [3.05, 3.63) is 24.3 Å². The first-order valence-corrected chi connectivity index (χ1v) is 4.51. The van der Waals surface area contributed by atoms with Crippen molar-refractivity contribution < 1.29 is 0 Å². The molecule has 0 bridgehead atoms. The summed E-state index contributed by atoms with van der Waals surface area (Å²) in [7, 11) is 0. The molecule has 0 aliphatic rings. The van der Waals surface area contributed by atoms with E-state index < -0.39 is 0 Å². The molecule has 1 heterocycles. The molecule has 1 aromatic heterocycles. The molecule has 0 aromatic carbocycles. The van der Waals surface area contributed by atoms with Crippen molar-refractivity contribution in [3.63, 3.8) is 0 Å². The Morgan fingerprint density at radius 2 is 2.38 bits per heavy atom. The molecule has 3 N–H and O–H groups in total. The zero-order valence-corrected chi connectivity index (χ0v) is 8.07. The molecule has 0 aliphatic carbocycles. The largest absolute Gasteiger partial charge is 0.271 e. The number of rotatable bonds is 4. The van der Waals surface area contributed by atoms with Crippen LogP contribution in [0.3, 0.4) is 0 Å². The van der Waals surface area contributed by atoms with Gasteiger partial charge in [-0.25, -0.2) is 9.97 Å². The van der Waals surface area contributed by atoms with Gasteiger partial charge in [0, 0.05) is 6.20 Å². The van der Waals surface area contributed by atoms with E-state index in [4.69, 9.17) is 5.84 Å². The second-order valence-corrected chi connectivity index (χ2v) is 3.16. The van der Waals surface area contributed by atoms with E-state index in [9.17, 15) is 0 Å². The first-order chi connectivity index (χ1) is 6.29. The van der Waals surface area contributed by atoms with Crippen molar-refractivity contribution in [1.29, 1.82) is 0 Å². The summed E-state index contributed by atoms with van der Waals surface area (Å²) in [4.78, 5) is 8.03. The van der Waals surface area contributed by atoms with Gasteiger partial charge in [-0.2, -0.15) is 0 Å². The highest BCUT2D eigenvalue weighted by molar-refractivity contribution is 5.05. The van der Waals surface area contributed by atoms with Crippen LogP contribution in [0.15, 0.2) is 18.6 Å². The van der Waals surface area contributed by atoms with E-state index in [2.05, 4.69) is 29.2 Å². The minimum Gasteiger partial charge on any atom is -0.271 e. The first-order valence-electron chi connectivity index (χ1n) is 4.51. The lowest BCUT2D eigenvalue weighted by atomic mass is 9.97. The second-order valence-electron chi connectivity index (χ2n) is 3.16. The highest BCUT2D eigenvalue weighted by atomic mass is 15.2. The monoisotopic (exact) mass is 180 g/mol. The molecule has 13 heavy (non-hydrogen) atoms. The molecule has 0 amide bonds. The number of nitrogens with two attached hydrogens (primary N) is 1. The summed E-state index contributed by atoms with van der Waals surface area (Å²) in [5.41, 5.74) is 3.73. The Hall–Kier alpha value is -1.00. The zero-order valence-electron chi connectivity index (χ0n) is 8.07. The number of hydrazine groups is 1. The van der Waals surface area contributed by atoms with Crippen LogP contribution < -0.4 is 11.3 Å². The highest BCUT2D eigenvalue weighted by Gasteiger charge is 2.16. The Morgan fingerprint density at radius 3 is 2.85 bits per heavy atom. The van der Waals surface area contributed by atoms with Gasteiger partial charge in [0.25, 0.3) is 0 Å². The van der Waals surface area contributed by atoms with Crippen LogP contribution in [0, 0.1) is 5.92 Å². The van der Waals surface area contributed by atoms with Gasteiger partial charge < -0.3 is 0 Å². The Morgan fingerprint density at radius 1 is 1.62 bits per heavy atom. The van der Waals surface area contributed by atoms with Gasteiger partial charge in [0.05, 0.1) is 11.7 Å². The molecule has 2 atom stereocenters. The Balaban J connectivity index is 2.78. The maximum absolute atomic E-state index is 5.47. The summed E-state index contributed by atoms with van der Waals surface area (Å²) in [5.74, 6) is 5.94. The lowest BCUT2D eigenvalue weighted by Gasteiger charge is -2.20. The zero-order chi connectivity index (χ0) is 9.68. The maximum Gasteiger partial charge on any atom is 0.115 e. The molecule has 4 nitrogen and oxygen atoms in total. The van der Waals surface area contributed by atoms with Crippen molar-refractivity contribution >= 4 is 0 Å². The second kappa shape index (κ2) is 4.89. The summed E-state index contributed by atoms with van der Waals surface area (Å²) in [6, 6.07) is 2.00. The predicted molar refractivity (Wildman–Crippen MR) is 51.6 cm³/mol. The molecule has 0 spiro atoms. The third kappa shape index (κ3) is 2.47. The number of hydrogen-bond acceptors (Lipinski definition) is 4. The van der Waals surface area contributed by atoms with Crippen molar-refractivity contribution in [3.8, 4) is 0 Å². The molecule has 0 saturated heterocycles. The minimum absolute atomic E-state index is 0.119. The van der Waals surface area contributed by atoms with Crippen LogP contribution in [-0.4, -0.2) is 9.97 Å². The van der Waals surface area contributed by atoms with Crippen molar-refractivity contribution in [2.24, 2.45) is 11.8 Å². The van der Waals surface area contributed by atoms with E-state index in [0.717, 1.165) is 12.1 Å². The van der Waals surface area contributed by atoms with E-state index in [-0.39, 0.29) is 6.04 Å². The van der Waals surface area contributed by atoms with Crippen molar-refractivity contribution in [1.82, 2.24) is 15.4 Å². The van der Waals surface area contributed by atoms with Gasteiger partial charge in [-0.05, 0) is 12.0 Å². The fourth-order valence-corrected chi connectivity index (χ4v) is 1.26. The van der Waals surface area contributed by atoms with Gasteiger partial charge >= 0.3 is 0 Å². The van der Waals surface area contributed by atoms with Crippen LogP contribution >= 0.6 is 0 Å². The van der Waals surface area contributed by atoms with Crippen LogP contribution in [0.1, 0.15) is 32.0 Å². The van der Waals surface area contributed by atoms with Crippen LogP contribution in [0.25, 0.3) is 0 Å². The van der Waals surface area contributed by atoms with Crippen LogP contribution in [-0.2, 0) is 0 Å². The minimum atomic E-state index is 0.119. The Kier molecular flexibility index (Phi) is 3.79. The normalized spacial score (nSPS) is 15.3.